The first kappa shape index (κ1) is 12.7. The van der Waals surface area contributed by atoms with Gasteiger partial charge in [0, 0.05) is 15.6 Å². The van der Waals surface area contributed by atoms with E-state index in [0.29, 0.717) is 15.0 Å². The van der Waals surface area contributed by atoms with Gasteiger partial charge >= 0.3 is 0 Å². The van der Waals surface area contributed by atoms with E-state index in [1.165, 1.54) is 0 Å². The monoisotopic (exact) mass is 262 g/mol. The average molecular weight is 263 g/mol. The molecule has 2 nitrogen and oxygen atoms in total. The zero-order chi connectivity index (χ0) is 11.6. The van der Waals surface area contributed by atoms with Gasteiger partial charge in [-0.15, -0.1) is 0 Å². The highest BCUT2D eigenvalue weighted by Crippen LogP contribution is 2.32. The Labute approximate surface area is 105 Å². The van der Waals surface area contributed by atoms with Crippen LogP contribution in [0.5, 0.6) is 0 Å². The molecule has 0 aliphatic rings. The van der Waals surface area contributed by atoms with E-state index in [9.17, 15) is 0 Å². The molecule has 1 aromatic carbocycles. The van der Waals surface area contributed by atoms with Gasteiger partial charge in [-0.3, -0.25) is 4.90 Å². The summed E-state index contributed by atoms with van der Waals surface area (Å²) in [6.07, 6.45) is 0. The van der Waals surface area contributed by atoms with Crippen molar-refractivity contribution in [2.75, 3.05) is 14.1 Å². The minimum atomic E-state index is -0.235. The molecule has 1 atom stereocenters. The van der Waals surface area contributed by atoms with Crippen LogP contribution >= 0.6 is 35.4 Å². The molecule has 0 saturated carbocycles. The highest BCUT2D eigenvalue weighted by molar-refractivity contribution is 7.80. The van der Waals surface area contributed by atoms with Gasteiger partial charge in [0.1, 0.15) is 0 Å². The van der Waals surface area contributed by atoms with Crippen LogP contribution in [0.15, 0.2) is 18.2 Å². The lowest BCUT2D eigenvalue weighted by molar-refractivity contribution is 0.371. The van der Waals surface area contributed by atoms with E-state index in [0.717, 1.165) is 5.56 Å². The summed E-state index contributed by atoms with van der Waals surface area (Å²) in [7, 11) is 3.76. The Morgan fingerprint density at radius 1 is 1.33 bits per heavy atom. The lowest BCUT2D eigenvalue weighted by Crippen LogP contribution is -2.31. The van der Waals surface area contributed by atoms with Gasteiger partial charge in [-0.05, 0) is 26.2 Å². The molecule has 0 spiro atoms. The summed E-state index contributed by atoms with van der Waals surface area (Å²) in [6, 6.07) is 5.11. The molecule has 0 aromatic heterocycles. The summed E-state index contributed by atoms with van der Waals surface area (Å²) < 4.78 is 0. The van der Waals surface area contributed by atoms with E-state index < -0.39 is 0 Å². The van der Waals surface area contributed by atoms with Crippen molar-refractivity contribution in [2.24, 2.45) is 5.73 Å². The molecule has 0 fully saturated rings. The number of rotatable bonds is 3. The summed E-state index contributed by atoms with van der Waals surface area (Å²) in [5, 5.41) is 1.16. The normalized spacial score (nSPS) is 12.9. The molecule has 1 aromatic rings. The third-order valence-corrected chi connectivity index (χ3v) is 2.94. The largest absolute Gasteiger partial charge is 0.392 e. The van der Waals surface area contributed by atoms with Gasteiger partial charge in [-0.1, -0.05) is 41.5 Å². The molecule has 0 aliphatic carbocycles. The molecule has 0 bridgehead atoms. The standard InChI is InChI=1S/C10H12Cl2N2S/c1-14(2)9(10(13)15)8-6(11)4-3-5-7(8)12/h3-5,9H,1-2H3,(H2,13,15). The van der Waals surface area contributed by atoms with Gasteiger partial charge in [-0.2, -0.15) is 0 Å². The van der Waals surface area contributed by atoms with Crippen LogP contribution in [0, 0.1) is 0 Å². The number of likely N-dealkylation sites (N-methyl/N-ethyl adjacent to an activating group) is 1. The van der Waals surface area contributed by atoms with Crippen molar-refractivity contribution in [1.29, 1.82) is 0 Å². The van der Waals surface area contributed by atoms with Gasteiger partial charge in [-0.25, -0.2) is 0 Å². The molecule has 0 aliphatic heterocycles. The van der Waals surface area contributed by atoms with Crippen LogP contribution in [-0.2, 0) is 0 Å². The van der Waals surface area contributed by atoms with Crippen molar-refractivity contribution >= 4 is 40.4 Å². The topological polar surface area (TPSA) is 29.3 Å². The van der Waals surface area contributed by atoms with Crippen LogP contribution in [0.25, 0.3) is 0 Å². The van der Waals surface area contributed by atoms with Gasteiger partial charge in [0.2, 0.25) is 0 Å². The summed E-state index contributed by atoms with van der Waals surface area (Å²) in [4.78, 5) is 2.24. The lowest BCUT2D eigenvalue weighted by Gasteiger charge is -2.25. The molecular weight excluding hydrogens is 251 g/mol. The van der Waals surface area contributed by atoms with Crippen molar-refractivity contribution in [1.82, 2.24) is 4.90 Å². The molecule has 82 valence electrons. The molecule has 2 N–H and O–H groups in total. The molecule has 1 rings (SSSR count). The Hall–Kier alpha value is -0.350. The van der Waals surface area contributed by atoms with Gasteiger partial charge in [0.05, 0.1) is 11.0 Å². The molecule has 0 saturated heterocycles. The van der Waals surface area contributed by atoms with Crippen molar-refractivity contribution in [2.45, 2.75) is 6.04 Å². The predicted molar refractivity (Wildman–Crippen MR) is 69.7 cm³/mol. The van der Waals surface area contributed by atoms with E-state index in [1.807, 2.05) is 19.0 Å². The minimum absolute atomic E-state index is 0.235. The number of benzene rings is 1. The zero-order valence-electron chi connectivity index (χ0n) is 8.50. The number of hydrogen-bond acceptors (Lipinski definition) is 2. The summed E-state index contributed by atoms with van der Waals surface area (Å²) >= 11 is 17.2. The van der Waals surface area contributed by atoms with E-state index >= 15 is 0 Å². The fourth-order valence-corrected chi connectivity index (χ4v) is 2.36. The number of nitrogens with two attached hydrogens (primary N) is 1. The predicted octanol–water partition coefficient (Wildman–Crippen LogP) is 2.88. The summed E-state index contributed by atoms with van der Waals surface area (Å²) in [5.74, 6) is 0. The highest BCUT2D eigenvalue weighted by Gasteiger charge is 2.22. The lowest BCUT2D eigenvalue weighted by atomic mass is 10.1. The molecule has 0 amide bonds. The van der Waals surface area contributed by atoms with Crippen molar-refractivity contribution in [3.8, 4) is 0 Å². The van der Waals surface area contributed by atoms with E-state index in [4.69, 9.17) is 41.2 Å². The van der Waals surface area contributed by atoms with Gasteiger partial charge < -0.3 is 5.73 Å². The third kappa shape index (κ3) is 2.82. The van der Waals surface area contributed by atoms with Crippen molar-refractivity contribution in [3.05, 3.63) is 33.8 Å². The Bertz CT molecular complexity index is 359. The molecule has 5 heteroatoms. The van der Waals surface area contributed by atoms with E-state index in [1.54, 1.807) is 18.2 Å². The quantitative estimate of drug-likeness (QED) is 0.850. The Morgan fingerprint density at radius 2 is 1.80 bits per heavy atom. The number of halogens is 2. The first-order valence-corrected chi connectivity index (χ1v) is 5.51. The van der Waals surface area contributed by atoms with Crippen LogP contribution in [0.4, 0.5) is 0 Å². The fourth-order valence-electron chi connectivity index (χ4n) is 1.43. The second kappa shape index (κ2) is 5.12. The first-order valence-electron chi connectivity index (χ1n) is 4.34. The SMILES string of the molecule is CN(C)C(C(N)=S)c1c(Cl)cccc1Cl. The molecule has 0 heterocycles. The summed E-state index contributed by atoms with van der Waals surface area (Å²) in [5.41, 5.74) is 6.44. The maximum Gasteiger partial charge on any atom is 0.0949 e. The van der Waals surface area contributed by atoms with Crippen molar-refractivity contribution in [3.63, 3.8) is 0 Å². The van der Waals surface area contributed by atoms with E-state index in [2.05, 4.69) is 0 Å². The Morgan fingerprint density at radius 3 is 2.13 bits per heavy atom. The van der Waals surface area contributed by atoms with Crippen LogP contribution in [-0.4, -0.2) is 24.0 Å². The second-order valence-electron chi connectivity index (χ2n) is 3.40. The maximum absolute atomic E-state index is 6.09. The number of thiocarbonyl (C=S) groups is 1. The molecule has 0 radical (unpaired) electrons. The Kier molecular flexibility index (Phi) is 4.34. The first-order chi connectivity index (χ1) is 6.95. The van der Waals surface area contributed by atoms with Crippen molar-refractivity contribution < 1.29 is 0 Å². The average Bonchev–Trinajstić information content (AvgIpc) is 2.09. The molecule has 1 unspecified atom stereocenters. The molecular formula is C10H12Cl2N2S. The summed E-state index contributed by atoms with van der Waals surface area (Å²) in [6.45, 7) is 0. The molecule has 15 heavy (non-hydrogen) atoms. The minimum Gasteiger partial charge on any atom is -0.392 e. The van der Waals surface area contributed by atoms with E-state index in [-0.39, 0.29) is 6.04 Å². The van der Waals surface area contributed by atoms with Gasteiger partial charge in [0.15, 0.2) is 0 Å². The Balaban J connectivity index is 3.28. The second-order valence-corrected chi connectivity index (χ2v) is 4.69. The third-order valence-electron chi connectivity index (χ3n) is 2.06. The number of nitrogens with zero attached hydrogens (tertiary/aromatic N) is 1. The number of hydrogen-bond donors (Lipinski definition) is 1. The zero-order valence-corrected chi connectivity index (χ0v) is 10.8. The van der Waals surface area contributed by atoms with Crippen LogP contribution in [0.1, 0.15) is 11.6 Å². The maximum atomic E-state index is 6.09. The van der Waals surface area contributed by atoms with Gasteiger partial charge in [0.25, 0.3) is 0 Å². The highest BCUT2D eigenvalue weighted by atomic mass is 35.5. The van der Waals surface area contributed by atoms with Crippen LogP contribution < -0.4 is 5.73 Å². The van der Waals surface area contributed by atoms with Crippen LogP contribution in [0.2, 0.25) is 10.0 Å². The van der Waals surface area contributed by atoms with Crippen LogP contribution in [0.3, 0.4) is 0 Å². The smallest absolute Gasteiger partial charge is 0.0949 e. The fraction of sp³-hybridized carbons (Fsp3) is 0.300.